The van der Waals surface area contributed by atoms with Gasteiger partial charge in [0.1, 0.15) is 0 Å². The van der Waals surface area contributed by atoms with Gasteiger partial charge in [-0.1, -0.05) is 23.7 Å². The highest BCUT2D eigenvalue weighted by atomic mass is 35.5. The minimum atomic E-state index is -3.38. The molecule has 2 N–H and O–H groups in total. The Hall–Kier alpha value is -3.40. The molecular formula is C27H26ClN5O2S2. The Morgan fingerprint density at radius 1 is 1.00 bits per heavy atom. The number of benzene rings is 2. The van der Waals surface area contributed by atoms with E-state index in [0.29, 0.717) is 15.8 Å². The van der Waals surface area contributed by atoms with Crippen molar-refractivity contribution in [1.29, 1.82) is 0 Å². The van der Waals surface area contributed by atoms with Crippen LogP contribution < -0.4 is 14.9 Å². The van der Waals surface area contributed by atoms with Gasteiger partial charge in [0.2, 0.25) is 10.0 Å². The number of hydrogen-bond acceptors (Lipinski definition) is 4. The van der Waals surface area contributed by atoms with Crippen LogP contribution in [0.1, 0.15) is 34.7 Å². The average Bonchev–Trinajstić information content (AvgIpc) is 3.34. The van der Waals surface area contributed by atoms with Gasteiger partial charge in [-0.05, 0) is 92.3 Å². The van der Waals surface area contributed by atoms with Crippen molar-refractivity contribution in [1.82, 2.24) is 14.9 Å². The predicted molar refractivity (Wildman–Crippen MR) is 153 cm³/mol. The number of hydrogen-bond donors (Lipinski definition) is 2. The highest BCUT2D eigenvalue weighted by Gasteiger charge is 2.42. The largest absolute Gasteiger partial charge is 0.351 e. The van der Waals surface area contributed by atoms with Crippen LogP contribution >= 0.6 is 23.8 Å². The highest BCUT2D eigenvalue weighted by molar-refractivity contribution is 7.92. The van der Waals surface area contributed by atoms with E-state index in [9.17, 15) is 8.42 Å². The molecule has 1 aliphatic heterocycles. The summed E-state index contributed by atoms with van der Waals surface area (Å²) < 4.78 is 28.0. The molecular weight excluding hydrogens is 526 g/mol. The number of sulfonamides is 1. The molecule has 7 nitrogen and oxygen atoms in total. The molecule has 10 heteroatoms. The Bertz CT molecular complexity index is 1570. The van der Waals surface area contributed by atoms with Gasteiger partial charge in [0.05, 0.1) is 24.0 Å². The normalized spacial score (nSPS) is 17.6. The quantitative estimate of drug-likeness (QED) is 0.300. The highest BCUT2D eigenvalue weighted by Crippen LogP contribution is 2.44. The van der Waals surface area contributed by atoms with Gasteiger partial charge >= 0.3 is 0 Å². The third-order valence-electron chi connectivity index (χ3n) is 6.40. The van der Waals surface area contributed by atoms with Crippen molar-refractivity contribution in [3.63, 3.8) is 0 Å². The first-order chi connectivity index (χ1) is 17.6. The molecule has 1 fully saturated rings. The number of pyridine rings is 1. The molecule has 1 aliphatic rings. The molecule has 190 valence electrons. The van der Waals surface area contributed by atoms with Gasteiger partial charge in [-0.15, -0.1) is 0 Å². The summed E-state index contributed by atoms with van der Waals surface area (Å²) in [5, 5.41) is 4.72. The van der Waals surface area contributed by atoms with Crippen LogP contribution in [-0.4, -0.2) is 29.3 Å². The second-order valence-corrected chi connectivity index (χ2v) is 11.6. The van der Waals surface area contributed by atoms with Crippen LogP contribution in [0.15, 0.2) is 79.0 Å². The Kier molecular flexibility index (Phi) is 6.70. The van der Waals surface area contributed by atoms with E-state index in [1.807, 2.05) is 54.6 Å². The molecule has 3 heterocycles. The van der Waals surface area contributed by atoms with Gasteiger partial charge in [0, 0.05) is 39.7 Å². The fourth-order valence-corrected chi connectivity index (χ4v) is 6.05. The summed E-state index contributed by atoms with van der Waals surface area (Å²) in [6, 6.07) is 22.6. The molecule has 2 aromatic heterocycles. The minimum absolute atomic E-state index is 0.198. The van der Waals surface area contributed by atoms with Crippen LogP contribution in [0.3, 0.4) is 0 Å². The predicted octanol–water partition coefficient (Wildman–Crippen LogP) is 5.69. The molecule has 0 aliphatic carbocycles. The molecule has 0 saturated carbocycles. The summed E-state index contributed by atoms with van der Waals surface area (Å²) in [6.07, 6.45) is 2.91. The lowest BCUT2D eigenvalue weighted by atomic mass is 9.96. The Morgan fingerprint density at radius 2 is 1.76 bits per heavy atom. The lowest BCUT2D eigenvalue weighted by molar-refractivity contribution is 0.565. The first-order valence-electron chi connectivity index (χ1n) is 11.7. The molecule has 0 amide bonds. The maximum Gasteiger partial charge on any atom is 0.229 e. The van der Waals surface area contributed by atoms with Crippen LogP contribution in [-0.2, 0) is 10.0 Å². The van der Waals surface area contributed by atoms with E-state index in [0.717, 1.165) is 40.3 Å². The van der Waals surface area contributed by atoms with Gasteiger partial charge in [0.15, 0.2) is 5.11 Å². The second-order valence-electron chi connectivity index (χ2n) is 9.06. The van der Waals surface area contributed by atoms with Crippen molar-refractivity contribution < 1.29 is 8.42 Å². The molecule has 0 unspecified atom stereocenters. The summed E-state index contributed by atoms with van der Waals surface area (Å²) in [6.45, 7) is 4.17. The fourth-order valence-electron chi connectivity index (χ4n) is 4.95. The Labute approximate surface area is 227 Å². The molecule has 4 aromatic rings. The zero-order valence-electron chi connectivity index (χ0n) is 20.5. The molecule has 5 rings (SSSR count). The summed E-state index contributed by atoms with van der Waals surface area (Å²) in [5.74, 6) is 0. The van der Waals surface area contributed by atoms with E-state index in [1.54, 1.807) is 18.3 Å². The number of halogens is 1. The van der Waals surface area contributed by atoms with Crippen molar-refractivity contribution in [3.8, 4) is 5.69 Å². The number of thiocarbonyl (C=S) groups is 1. The topological polar surface area (TPSA) is 79.3 Å². The summed E-state index contributed by atoms with van der Waals surface area (Å²) in [4.78, 5) is 6.70. The van der Waals surface area contributed by atoms with Gasteiger partial charge in [-0.3, -0.25) is 9.71 Å². The molecule has 0 radical (unpaired) electrons. The zero-order chi connectivity index (χ0) is 26.3. The number of rotatable bonds is 6. The molecule has 37 heavy (non-hydrogen) atoms. The van der Waals surface area contributed by atoms with Gasteiger partial charge in [-0.25, -0.2) is 8.42 Å². The Balaban J connectivity index is 1.63. The number of aryl methyl sites for hydroxylation is 1. The lowest BCUT2D eigenvalue weighted by Crippen LogP contribution is -2.29. The van der Waals surface area contributed by atoms with Crippen LogP contribution in [0.5, 0.6) is 0 Å². The van der Waals surface area contributed by atoms with Crippen molar-refractivity contribution in [3.05, 3.63) is 107 Å². The van der Waals surface area contributed by atoms with E-state index in [1.165, 1.54) is 0 Å². The van der Waals surface area contributed by atoms with E-state index in [-0.39, 0.29) is 12.1 Å². The van der Waals surface area contributed by atoms with E-state index < -0.39 is 10.0 Å². The van der Waals surface area contributed by atoms with Crippen molar-refractivity contribution in [2.75, 3.05) is 15.9 Å². The summed E-state index contributed by atoms with van der Waals surface area (Å²) >= 11 is 12.2. The zero-order valence-corrected chi connectivity index (χ0v) is 22.9. The first-order valence-corrected chi connectivity index (χ1v) is 14.3. The molecule has 2 atom stereocenters. The summed E-state index contributed by atoms with van der Waals surface area (Å²) in [7, 11) is -3.38. The lowest BCUT2D eigenvalue weighted by Gasteiger charge is -2.28. The molecule has 1 saturated heterocycles. The first kappa shape index (κ1) is 25.3. The number of nitrogens with zero attached hydrogens (tertiary/aromatic N) is 3. The summed E-state index contributed by atoms with van der Waals surface area (Å²) in [5.41, 5.74) is 6.42. The average molecular weight is 552 g/mol. The molecule has 2 aromatic carbocycles. The van der Waals surface area contributed by atoms with Gasteiger partial charge in [-0.2, -0.15) is 0 Å². The number of aromatic nitrogens is 2. The van der Waals surface area contributed by atoms with E-state index in [4.69, 9.17) is 23.8 Å². The maximum absolute atomic E-state index is 11.7. The fraction of sp³-hybridized carbons (Fsp3) is 0.185. The third kappa shape index (κ3) is 5.07. The monoisotopic (exact) mass is 551 g/mol. The standard InChI is InChI=1S/C27H26ClN5O2S2/c1-17-15-23(18(2)32(17)22-8-6-7-19(28)16-22)26-25(24-9-4-5-14-29-24)30-27(36)33(26)21-12-10-20(11-13-21)31-37(3,34)35/h4-16,25-26,31H,1-3H3,(H,30,36)/t25-,26-/m1/s1. The van der Waals surface area contributed by atoms with Crippen LogP contribution in [0.4, 0.5) is 11.4 Å². The minimum Gasteiger partial charge on any atom is -0.351 e. The van der Waals surface area contributed by atoms with Crippen molar-refractivity contribution in [2.24, 2.45) is 0 Å². The third-order valence-corrected chi connectivity index (χ3v) is 7.56. The second kappa shape index (κ2) is 9.81. The molecule has 0 bridgehead atoms. The number of anilines is 2. The smallest absolute Gasteiger partial charge is 0.229 e. The SMILES string of the molecule is Cc1cc([C@@H]2[C@@H](c3ccccn3)NC(=S)N2c2ccc(NS(C)(=O)=O)cc2)c(C)n1-c1cccc(Cl)c1. The van der Waals surface area contributed by atoms with Gasteiger partial charge < -0.3 is 14.8 Å². The molecule has 0 spiro atoms. The van der Waals surface area contributed by atoms with Crippen molar-refractivity contribution >= 4 is 50.3 Å². The van der Waals surface area contributed by atoms with E-state index >= 15 is 0 Å². The van der Waals surface area contributed by atoms with Crippen LogP contribution in [0.2, 0.25) is 5.02 Å². The maximum atomic E-state index is 11.7. The van der Waals surface area contributed by atoms with E-state index in [2.05, 4.69) is 44.4 Å². The Morgan fingerprint density at radius 3 is 2.41 bits per heavy atom. The van der Waals surface area contributed by atoms with Crippen molar-refractivity contribution in [2.45, 2.75) is 25.9 Å². The van der Waals surface area contributed by atoms with Crippen LogP contribution in [0.25, 0.3) is 5.69 Å². The van der Waals surface area contributed by atoms with Crippen LogP contribution in [0, 0.1) is 13.8 Å². The number of nitrogens with one attached hydrogen (secondary N) is 2. The van der Waals surface area contributed by atoms with Gasteiger partial charge in [0.25, 0.3) is 0 Å².